The lowest BCUT2D eigenvalue weighted by atomic mass is 9.90. The van der Waals surface area contributed by atoms with Crippen LogP contribution in [0.3, 0.4) is 0 Å². The van der Waals surface area contributed by atoms with Gasteiger partial charge in [0.25, 0.3) is 0 Å². The molecule has 0 aliphatic carbocycles. The van der Waals surface area contributed by atoms with Crippen molar-refractivity contribution >= 4 is 0 Å². The van der Waals surface area contributed by atoms with Crippen molar-refractivity contribution in [1.82, 2.24) is 5.32 Å². The van der Waals surface area contributed by atoms with Crippen molar-refractivity contribution in [2.24, 2.45) is 5.92 Å². The average molecular weight is 241 g/mol. The molecule has 0 aliphatic heterocycles. The zero-order chi connectivity index (χ0) is 12.8. The van der Waals surface area contributed by atoms with Crippen molar-refractivity contribution in [3.05, 3.63) is 35.4 Å². The summed E-state index contributed by atoms with van der Waals surface area (Å²) in [6.45, 7) is 4.15. The van der Waals surface area contributed by atoms with Crippen molar-refractivity contribution in [1.29, 1.82) is 0 Å². The van der Waals surface area contributed by atoms with Gasteiger partial charge in [0, 0.05) is 11.6 Å². The summed E-state index contributed by atoms with van der Waals surface area (Å²) in [6, 6.07) is 3.77. The molecule has 1 aromatic rings. The van der Waals surface area contributed by atoms with Crippen LogP contribution in [-0.2, 0) is 0 Å². The maximum atomic E-state index is 13.7. The molecule has 0 saturated carbocycles. The normalized spacial score (nSPS) is 14.6. The lowest BCUT2D eigenvalue weighted by molar-refractivity contribution is 0.354. The molecule has 0 radical (unpaired) electrons. The van der Waals surface area contributed by atoms with E-state index in [0.717, 1.165) is 19.3 Å². The zero-order valence-electron chi connectivity index (χ0n) is 10.8. The number of nitrogens with one attached hydrogen (secondary N) is 1. The lowest BCUT2D eigenvalue weighted by Gasteiger charge is -2.24. The second-order valence-electron chi connectivity index (χ2n) is 4.52. The van der Waals surface area contributed by atoms with Crippen molar-refractivity contribution in [3.63, 3.8) is 0 Å². The van der Waals surface area contributed by atoms with Crippen LogP contribution in [-0.4, -0.2) is 7.05 Å². The molecule has 0 saturated heterocycles. The summed E-state index contributed by atoms with van der Waals surface area (Å²) in [5.74, 6) is -0.716. The van der Waals surface area contributed by atoms with E-state index in [1.165, 1.54) is 18.2 Å². The third-order valence-corrected chi connectivity index (χ3v) is 3.20. The minimum Gasteiger partial charge on any atom is -0.313 e. The Morgan fingerprint density at radius 3 is 2.29 bits per heavy atom. The monoisotopic (exact) mass is 241 g/mol. The first-order valence-electron chi connectivity index (χ1n) is 6.23. The van der Waals surface area contributed by atoms with Crippen LogP contribution in [0.15, 0.2) is 18.2 Å². The van der Waals surface area contributed by atoms with Gasteiger partial charge in [0.1, 0.15) is 11.6 Å². The summed E-state index contributed by atoms with van der Waals surface area (Å²) in [6.07, 6.45) is 3.14. The number of halogens is 2. The predicted molar refractivity (Wildman–Crippen MR) is 66.8 cm³/mol. The molecule has 96 valence electrons. The minimum atomic E-state index is -0.465. The Hall–Kier alpha value is -0.960. The lowest BCUT2D eigenvalue weighted by Crippen LogP contribution is -2.25. The van der Waals surface area contributed by atoms with Crippen LogP contribution in [0.5, 0.6) is 0 Å². The van der Waals surface area contributed by atoms with Gasteiger partial charge in [-0.15, -0.1) is 0 Å². The van der Waals surface area contributed by atoms with Gasteiger partial charge in [-0.25, -0.2) is 8.78 Å². The van der Waals surface area contributed by atoms with E-state index in [4.69, 9.17) is 0 Å². The summed E-state index contributed by atoms with van der Waals surface area (Å²) < 4.78 is 27.4. The van der Waals surface area contributed by atoms with Gasteiger partial charge in [-0.05, 0) is 31.5 Å². The van der Waals surface area contributed by atoms with Gasteiger partial charge >= 0.3 is 0 Å². The highest BCUT2D eigenvalue weighted by atomic mass is 19.1. The Morgan fingerprint density at radius 2 is 1.82 bits per heavy atom. The van der Waals surface area contributed by atoms with Crippen LogP contribution < -0.4 is 5.32 Å². The smallest absolute Gasteiger partial charge is 0.130 e. The Balaban J connectivity index is 2.93. The van der Waals surface area contributed by atoms with E-state index in [-0.39, 0.29) is 17.5 Å². The molecular weight excluding hydrogens is 220 g/mol. The van der Waals surface area contributed by atoms with Crippen molar-refractivity contribution in [2.75, 3.05) is 7.05 Å². The molecule has 17 heavy (non-hydrogen) atoms. The highest BCUT2D eigenvalue weighted by molar-refractivity contribution is 5.23. The molecule has 0 aromatic heterocycles. The molecule has 3 heteroatoms. The molecule has 2 unspecified atom stereocenters. The Bertz CT molecular complexity index is 332. The number of hydrogen-bond donors (Lipinski definition) is 1. The third kappa shape index (κ3) is 3.50. The first-order chi connectivity index (χ1) is 8.11. The number of unbranched alkanes of at least 4 members (excludes halogenated alkanes) is 1. The topological polar surface area (TPSA) is 12.0 Å². The SMILES string of the molecule is CCCCC(C)C(NC)c1c(F)cccc1F. The van der Waals surface area contributed by atoms with Crippen LogP contribution in [0.25, 0.3) is 0 Å². The summed E-state index contributed by atoms with van der Waals surface area (Å²) in [7, 11) is 1.75. The highest BCUT2D eigenvalue weighted by Crippen LogP contribution is 2.29. The molecule has 1 aromatic carbocycles. The van der Waals surface area contributed by atoms with E-state index in [2.05, 4.69) is 12.2 Å². The number of rotatable bonds is 6. The van der Waals surface area contributed by atoms with E-state index < -0.39 is 11.6 Å². The van der Waals surface area contributed by atoms with E-state index in [1.54, 1.807) is 7.05 Å². The van der Waals surface area contributed by atoms with Gasteiger partial charge in [0.2, 0.25) is 0 Å². The second-order valence-corrected chi connectivity index (χ2v) is 4.52. The molecule has 0 bridgehead atoms. The quantitative estimate of drug-likeness (QED) is 0.792. The van der Waals surface area contributed by atoms with E-state index >= 15 is 0 Å². The summed E-state index contributed by atoms with van der Waals surface area (Å²) in [5, 5.41) is 3.03. The molecule has 1 N–H and O–H groups in total. The first-order valence-corrected chi connectivity index (χ1v) is 6.23. The van der Waals surface area contributed by atoms with Gasteiger partial charge in [-0.2, -0.15) is 0 Å². The van der Waals surface area contributed by atoms with E-state index in [0.29, 0.717) is 0 Å². The van der Waals surface area contributed by atoms with Crippen molar-refractivity contribution in [2.45, 2.75) is 39.2 Å². The molecule has 0 fully saturated rings. The molecule has 0 amide bonds. The molecule has 1 rings (SSSR count). The van der Waals surface area contributed by atoms with Crippen LogP contribution in [0.1, 0.15) is 44.7 Å². The van der Waals surface area contributed by atoms with Gasteiger partial charge in [0.05, 0.1) is 0 Å². The second kappa shape index (κ2) is 6.70. The standard InChI is InChI=1S/C14H21F2N/c1-4-5-7-10(2)14(17-3)13-11(15)8-6-9-12(13)16/h6,8-10,14,17H,4-5,7H2,1-3H3. The zero-order valence-corrected chi connectivity index (χ0v) is 10.8. The molecular formula is C14H21F2N. The van der Waals surface area contributed by atoms with Crippen LogP contribution >= 0.6 is 0 Å². The Morgan fingerprint density at radius 1 is 1.24 bits per heavy atom. The fourth-order valence-electron chi connectivity index (χ4n) is 2.21. The third-order valence-electron chi connectivity index (χ3n) is 3.20. The molecule has 1 nitrogen and oxygen atoms in total. The average Bonchev–Trinajstić information content (AvgIpc) is 2.31. The van der Waals surface area contributed by atoms with Gasteiger partial charge in [-0.3, -0.25) is 0 Å². The Kier molecular flexibility index (Phi) is 5.56. The van der Waals surface area contributed by atoms with E-state index in [9.17, 15) is 8.78 Å². The minimum absolute atomic E-state index is 0.165. The fourth-order valence-corrected chi connectivity index (χ4v) is 2.21. The number of hydrogen-bond acceptors (Lipinski definition) is 1. The maximum Gasteiger partial charge on any atom is 0.130 e. The van der Waals surface area contributed by atoms with Gasteiger partial charge in [0.15, 0.2) is 0 Å². The van der Waals surface area contributed by atoms with E-state index in [1.807, 2.05) is 6.92 Å². The number of benzene rings is 1. The summed E-state index contributed by atoms with van der Waals surface area (Å²) in [4.78, 5) is 0. The van der Waals surface area contributed by atoms with Gasteiger partial charge < -0.3 is 5.32 Å². The molecule has 0 spiro atoms. The van der Waals surface area contributed by atoms with Crippen LogP contribution in [0, 0.1) is 17.6 Å². The predicted octanol–water partition coefficient (Wildman–Crippen LogP) is 4.05. The molecule has 0 heterocycles. The Labute approximate surface area is 102 Å². The van der Waals surface area contributed by atoms with Crippen LogP contribution in [0.2, 0.25) is 0 Å². The summed E-state index contributed by atoms with van der Waals surface area (Å²) >= 11 is 0. The molecule has 2 atom stereocenters. The van der Waals surface area contributed by atoms with Crippen molar-refractivity contribution < 1.29 is 8.78 Å². The molecule has 0 aliphatic rings. The largest absolute Gasteiger partial charge is 0.313 e. The fraction of sp³-hybridized carbons (Fsp3) is 0.571. The summed E-state index contributed by atoms with van der Waals surface area (Å²) in [5.41, 5.74) is 0.165. The highest BCUT2D eigenvalue weighted by Gasteiger charge is 2.23. The first kappa shape index (κ1) is 14.1. The van der Waals surface area contributed by atoms with Gasteiger partial charge in [-0.1, -0.05) is 32.8 Å². The maximum absolute atomic E-state index is 13.7. The van der Waals surface area contributed by atoms with Crippen LogP contribution in [0.4, 0.5) is 8.78 Å². The van der Waals surface area contributed by atoms with Crippen molar-refractivity contribution in [3.8, 4) is 0 Å².